The second-order valence-electron chi connectivity index (χ2n) is 5.50. The number of benzene rings is 2. The van der Waals surface area contributed by atoms with Gasteiger partial charge in [-0.2, -0.15) is 0 Å². The minimum absolute atomic E-state index is 0.147. The van der Waals surface area contributed by atoms with E-state index in [1.165, 1.54) is 27.8 Å². The summed E-state index contributed by atoms with van der Waals surface area (Å²) in [6, 6.07) is 12.9. The summed E-state index contributed by atoms with van der Waals surface area (Å²) in [6.07, 6.45) is 0. The van der Waals surface area contributed by atoms with E-state index in [9.17, 15) is 0 Å². The molecule has 0 aliphatic rings. The van der Waals surface area contributed by atoms with Gasteiger partial charge in [0.05, 0.1) is 12.6 Å². The van der Waals surface area contributed by atoms with Crippen LogP contribution in [0.3, 0.4) is 0 Å². The summed E-state index contributed by atoms with van der Waals surface area (Å²) in [7, 11) is 2.01. The second-order valence-corrected chi connectivity index (χ2v) is 5.50. The highest BCUT2D eigenvalue weighted by Crippen LogP contribution is 2.33. The average molecular weight is 283 g/mol. The minimum atomic E-state index is 0.147. The van der Waals surface area contributed by atoms with Crippen LogP contribution in [0.4, 0.5) is 0 Å². The summed E-state index contributed by atoms with van der Waals surface area (Å²) in [5.74, 6) is 0.957. The van der Waals surface area contributed by atoms with Gasteiger partial charge in [-0.15, -0.1) is 0 Å². The lowest BCUT2D eigenvalue weighted by Crippen LogP contribution is -2.21. The predicted molar refractivity (Wildman–Crippen MR) is 89.2 cm³/mol. The largest absolute Gasteiger partial charge is 0.494 e. The first-order valence-electron chi connectivity index (χ1n) is 7.55. The molecule has 0 radical (unpaired) electrons. The monoisotopic (exact) mass is 283 g/mol. The van der Waals surface area contributed by atoms with Gasteiger partial charge in [-0.3, -0.25) is 0 Å². The van der Waals surface area contributed by atoms with Gasteiger partial charge in [-0.05, 0) is 57.5 Å². The van der Waals surface area contributed by atoms with E-state index in [2.05, 4.69) is 50.4 Å². The number of aryl methyl sites for hydroxylation is 3. The third-order valence-corrected chi connectivity index (χ3v) is 3.85. The smallest absolute Gasteiger partial charge is 0.124 e. The molecule has 0 bridgehead atoms. The zero-order valence-electron chi connectivity index (χ0n) is 13.7. The summed E-state index contributed by atoms with van der Waals surface area (Å²) in [4.78, 5) is 0. The summed E-state index contributed by atoms with van der Waals surface area (Å²) in [5, 5.41) is 3.45. The Balaban J connectivity index is 2.55. The molecule has 0 aromatic heterocycles. The number of hydrogen-bond donors (Lipinski definition) is 1. The summed E-state index contributed by atoms with van der Waals surface area (Å²) in [6.45, 7) is 9.21. The molecule has 0 amide bonds. The molecule has 0 aliphatic carbocycles. The fourth-order valence-electron chi connectivity index (χ4n) is 3.11. The Morgan fingerprint density at radius 2 is 1.67 bits per heavy atom. The van der Waals surface area contributed by atoms with Crippen LogP contribution in [0, 0.1) is 20.8 Å². The molecule has 0 fully saturated rings. The first kappa shape index (κ1) is 15.6. The molecule has 1 N–H and O–H groups in total. The molecular formula is C19H25NO. The molecule has 0 saturated heterocycles. The second kappa shape index (κ2) is 6.77. The molecule has 0 saturated carbocycles. The number of nitrogens with one attached hydrogen (secondary N) is 1. The molecule has 2 nitrogen and oxygen atoms in total. The van der Waals surface area contributed by atoms with Crippen molar-refractivity contribution in [3.05, 3.63) is 64.2 Å². The van der Waals surface area contributed by atoms with E-state index in [0.717, 1.165) is 5.75 Å². The van der Waals surface area contributed by atoms with Crippen molar-refractivity contribution in [1.82, 2.24) is 5.32 Å². The molecular weight excluding hydrogens is 258 g/mol. The molecule has 1 atom stereocenters. The van der Waals surface area contributed by atoms with Gasteiger partial charge in [-0.25, -0.2) is 0 Å². The van der Waals surface area contributed by atoms with E-state index < -0.39 is 0 Å². The maximum atomic E-state index is 5.80. The van der Waals surface area contributed by atoms with Gasteiger partial charge >= 0.3 is 0 Å². The van der Waals surface area contributed by atoms with Gasteiger partial charge < -0.3 is 10.1 Å². The van der Waals surface area contributed by atoms with Crippen LogP contribution >= 0.6 is 0 Å². The standard InChI is InChI=1S/C19H25NO/c1-6-21-17-10-8-7-9-16(17)19(20-5)18-14(3)11-13(2)12-15(18)4/h7-12,19-20H,6H2,1-5H3. The molecule has 2 aromatic carbocycles. The van der Waals surface area contributed by atoms with Crippen LogP contribution in [0.15, 0.2) is 36.4 Å². The molecule has 0 heterocycles. The highest BCUT2D eigenvalue weighted by atomic mass is 16.5. The quantitative estimate of drug-likeness (QED) is 0.882. The van der Waals surface area contributed by atoms with Crippen LogP contribution in [0.25, 0.3) is 0 Å². The normalized spacial score (nSPS) is 12.2. The molecule has 0 aliphatic heterocycles. The molecule has 21 heavy (non-hydrogen) atoms. The van der Waals surface area contributed by atoms with Crippen LogP contribution in [-0.2, 0) is 0 Å². The number of rotatable bonds is 5. The van der Waals surface area contributed by atoms with E-state index in [1.54, 1.807) is 0 Å². The molecule has 2 heteroatoms. The van der Waals surface area contributed by atoms with Gasteiger partial charge in [0.25, 0.3) is 0 Å². The molecule has 112 valence electrons. The fourth-order valence-corrected chi connectivity index (χ4v) is 3.11. The Hall–Kier alpha value is -1.80. The fraction of sp³-hybridized carbons (Fsp3) is 0.368. The minimum Gasteiger partial charge on any atom is -0.494 e. The van der Waals surface area contributed by atoms with E-state index in [4.69, 9.17) is 4.74 Å². The van der Waals surface area contributed by atoms with Crippen LogP contribution in [0.5, 0.6) is 5.75 Å². The molecule has 0 spiro atoms. The zero-order chi connectivity index (χ0) is 15.4. The van der Waals surface area contributed by atoms with Gasteiger partial charge in [0.2, 0.25) is 0 Å². The van der Waals surface area contributed by atoms with Crippen LogP contribution in [-0.4, -0.2) is 13.7 Å². The summed E-state index contributed by atoms with van der Waals surface area (Å²) >= 11 is 0. The average Bonchev–Trinajstić information content (AvgIpc) is 2.44. The number of ether oxygens (including phenoxy) is 1. The van der Waals surface area contributed by atoms with Gasteiger partial charge in [0.15, 0.2) is 0 Å². The summed E-state index contributed by atoms with van der Waals surface area (Å²) < 4.78 is 5.80. The maximum absolute atomic E-state index is 5.80. The Kier molecular flexibility index (Phi) is 5.03. The topological polar surface area (TPSA) is 21.3 Å². The first-order valence-corrected chi connectivity index (χ1v) is 7.55. The molecule has 2 rings (SSSR count). The van der Waals surface area contributed by atoms with Crippen molar-refractivity contribution in [1.29, 1.82) is 0 Å². The third-order valence-electron chi connectivity index (χ3n) is 3.85. The number of para-hydroxylation sites is 1. The predicted octanol–water partition coefficient (Wildman–Crippen LogP) is 4.32. The third kappa shape index (κ3) is 3.27. The van der Waals surface area contributed by atoms with E-state index in [-0.39, 0.29) is 6.04 Å². The van der Waals surface area contributed by atoms with Crippen molar-refractivity contribution in [3.63, 3.8) is 0 Å². The van der Waals surface area contributed by atoms with Gasteiger partial charge in [0, 0.05) is 5.56 Å². The van der Waals surface area contributed by atoms with E-state index in [1.807, 2.05) is 26.1 Å². The van der Waals surface area contributed by atoms with Crippen molar-refractivity contribution >= 4 is 0 Å². The maximum Gasteiger partial charge on any atom is 0.124 e. The Morgan fingerprint density at radius 3 is 2.24 bits per heavy atom. The lowest BCUT2D eigenvalue weighted by Gasteiger charge is -2.24. The van der Waals surface area contributed by atoms with Crippen LogP contribution in [0.1, 0.15) is 40.8 Å². The highest BCUT2D eigenvalue weighted by Gasteiger charge is 2.20. The van der Waals surface area contributed by atoms with Crippen molar-refractivity contribution < 1.29 is 4.74 Å². The van der Waals surface area contributed by atoms with Gasteiger partial charge in [-0.1, -0.05) is 35.9 Å². The van der Waals surface area contributed by atoms with Crippen LogP contribution in [0.2, 0.25) is 0 Å². The van der Waals surface area contributed by atoms with Gasteiger partial charge in [0.1, 0.15) is 5.75 Å². The van der Waals surface area contributed by atoms with E-state index >= 15 is 0 Å². The first-order chi connectivity index (χ1) is 10.1. The number of hydrogen-bond acceptors (Lipinski definition) is 2. The molecule has 1 unspecified atom stereocenters. The molecule has 2 aromatic rings. The van der Waals surface area contributed by atoms with Crippen molar-refractivity contribution in [3.8, 4) is 5.75 Å². The Bertz CT molecular complexity index is 596. The zero-order valence-corrected chi connectivity index (χ0v) is 13.7. The lowest BCUT2D eigenvalue weighted by atomic mass is 9.89. The van der Waals surface area contributed by atoms with Crippen LogP contribution < -0.4 is 10.1 Å². The Labute approximate surface area is 128 Å². The highest BCUT2D eigenvalue weighted by molar-refractivity contribution is 5.48. The van der Waals surface area contributed by atoms with Crippen molar-refractivity contribution in [2.75, 3.05) is 13.7 Å². The lowest BCUT2D eigenvalue weighted by molar-refractivity contribution is 0.334. The SMILES string of the molecule is CCOc1ccccc1C(NC)c1c(C)cc(C)cc1C. The Morgan fingerprint density at radius 1 is 1.05 bits per heavy atom. The van der Waals surface area contributed by atoms with Crippen molar-refractivity contribution in [2.24, 2.45) is 0 Å². The van der Waals surface area contributed by atoms with E-state index in [0.29, 0.717) is 6.61 Å². The van der Waals surface area contributed by atoms with Crippen molar-refractivity contribution in [2.45, 2.75) is 33.7 Å². The summed E-state index contributed by atoms with van der Waals surface area (Å²) in [5.41, 5.74) is 6.48.